The summed E-state index contributed by atoms with van der Waals surface area (Å²) in [4.78, 5) is 6.30. The Morgan fingerprint density at radius 1 is 1.45 bits per heavy atom. The van der Waals surface area contributed by atoms with Crippen molar-refractivity contribution in [1.29, 1.82) is 0 Å². The average molecular weight is 294 g/mol. The number of nitrogens with one attached hydrogen (secondary N) is 1. The van der Waals surface area contributed by atoms with Gasteiger partial charge in [-0.15, -0.1) is 0 Å². The molecule has 0 amide bonds. The van der Waals surface area contributed by atoms with Gasteiger partial charge in [0.25, 0.3) is 0 Å². The summed E-state index contributed by atoms with van der Waals surface area (Å²) in [5, 5.41) is 12.9. The van der Waals surface area contributed by atoms with E-state index in [1.807, 2.05) is 23.2 Å². The van der Waals surface area contributed by atoms with Crippen LogP contribution in [0, 0.1) is 0 Å². The van der Waals surface area contributed by atoms with Gasteiger partial charge in [-0.2, -0.15) is 0 Å². The van der Waals surface area contributed by atoms with E-state index >= 15 is 0 Å². The van der Waals surface area contributed by atoms with Gasteiger partial charge in [-0.3, -0.25) is 0 Å². The lowest BCUT2D eigenvalue weighted by molar-refractivity contribution is 0.267. The second kappa shape index (κ2) is 5.46. The van der Waals surface area contributed by atoms with Gasteiger partial charge in [0, 0.05) is 29.5 Å². The number of fused-ring (bicyclic) bond motifs is 1. The molecule has 2 rings (SSSR count). The monoisotopic (exact) mass is 293 g/mol. The summed E-state index contributed by atoms with van der Waals surface area (Å²) in [7, 11) is 0. The average Bonchev–Trinajstić information content (AvgIpc) is 2.30. The maximum absolute atomic E-state index is 9.12. The fraction of sp³-hybridized carbons (Fsp3) is 0.400. The lowest BCUT2D eigenvalue weighted by Gasteiger charge is -2.31. The van der Waals surface area contributed by atoms with Crippen LogP contribution in [0.3, 0.4) is 0 Å². The first kappa shape index (κ1) is 14.9. The molecular formula is C15H20ClN3O. The fourth-order valence-electron chi connectivity index (χ4n) is 2.13. The van der Waals surface area contributed by atoms with Crippen LogP contribution in [0.15, 0.2) is 18.8 Å². The topological polar surface area (TPSA) is 48.4 Å². The Labute approximate surface area is 124 Å². The third-order valence-electron chi connectivity index (χ3n) is 2.92. The van der Waals surface area contributed by atoms with E-state index in [4.69, 9.17) is 16.7 Å². The number of nitrogens with zero attached hydrogens (tertiary/aromatic N) is 2. The maximum Gasteiger partial charge on any atom is 0.138 e. The van der Waals surface area contributed by atoms with Crippen LogP contribution in [-0.2, 0) is 0 Å². The number of rotatable bonds is 3. The summed E-state index contributed by atoms with van der Waals surface area (Å²) in [6.45, 7) is 10.9. The zero-order valence-electron chi connectivity index (χ0n) is 12.1. The number of aliphatic hydroxyl groups is 1. The van der Waals surface area contributed by atoms with E-state index in [9.17, 15) is 0 Å². The van der Waals surface area contributed by atoms with E-state index in [1.54, 1.807) is 0 Å². The van der Waals surface area contributed by atoms with Crippen molar-refractivity contribution < 1.29 is 5.11 Å². The molecule has 1 aromatic heterocycles. The molecule has 0 radical (unpaired) electrons. The Morgan fingerprint density at radius 3 is 2.75 bits per heavy atom. The smallest absolute Gasteiger partial charge is 0.138 e. The van der Waals surface area contributed by atoms with Crippen molar-refractivity contribution in [2.45, 2.75) is 26.3 Å². The van der Waals surface area contributed by atoms with Crippen LogP contribution in [0.2, 0.25) is 5.15 Å². The highest BCUT2D eigenvalue weighted by Gasteiger charge is 2.23. The molecule has 1 aromatic rings. The van der Waals surface area contributed by atoms with Gasteiger partial charge < -0.3 is 15.3 Å². The summed E-state index contributed by atoms with van der Waals surface area (Å²) in [6, 6.07) is 1.82. The molecule has 108 valence electrons. The minimum absolute atomic E-state index is 0.0712. The standard InChI is InChI=1S/C15H20ClN3O/c1-10-13-11(5-6-19(10)7-8-20)9-12(16)17-14(13)18-15(2,3)4/h5-6,9,20H,1,7-8H2,2-4H3,(H,17,18). The van der Waals surface area contributed by atoms with Crippen molar-refractivity contribution in [2.24, 2.45) is 0 Å². The Hall–Kier alpha value is -1.52. The highest BCUT2D eigenvalue weighted by Crippen LogP contribution is 2.35. The van der Waals surface area contributed by atoms with Crippen molar-refractivity contribution in [3.8, 4) is 0 Å². The molecular weight excluding hydrogens is 274 g/mol. The number of pyridine rings is 1. The molecule has 2 heterocycles. The minimum atomic E-state index is -0.130. The molecule has 0 aliphatic carbocycles. The van der Waals surface area contributed by atoms with Crippen LogP contribution in [0.25, 0.3) is 11.8 Å². The van der Waals surface area contributed by atoms with E-state index in [1.165, 1.54) is 0 Å². The van der Waals surface area contributed by atoms with Crippen molar-refractivity contribution >= 4 is 29.2 Å². The second-order valence-corrected chi connectivity index (χ2v) is 6.20. The highest BCUT2D eigenvalue weighted by molar-refractivity contribution is 6.29. The largest absolute Gasteiger partial charge is 0.395 e. The Balaban J connectivity index is 2.49. The van der Waals surface area contributed by atoms with Crippen LogP contribution in [-0.4, -0.2) is 33.7 Å². The van der Waals surface area contributed by atoms with E-state index in [0.717, 1.165) is 22.6 Å². The van der Waals surface area contributed by atoms with Crippen LogP contribution in [0.1, 0.15) is 31.9 Å². The lowest BCUT2D eigenvalue weighted by Crippen LogP contribution is -2.29. The molecule has 0 aromatic carbocycles. The van der Waals surface area contributed by atoms with Crippen LogP contribution in [0.5, 0.6) is 0 Å². The molecule has 20 heavy (non-hydrogen) atoms. The zero-order valence-corrected chi connectivity index (χ0v) is 12.8. The van der Waals surface area contributed by atoms with Gasteiger partial charge in [0.2, 0.25) is 0 Å². The van der Waals surface area contributed by atoms with Crippen LogP contribution < -0.4 is 5.32 Å². The summed E-state index contributed by atoms with van der Waals surface area (Å²) in [5.74, 6) is 0.720. The molecule has 0 spiro atoms. The van der Waals surface area contributed by atoms with Crippen molar-refractivity contribution in [3.63, 3.8) is 0 Å². The molecule has 1 aliphatic heterocycles. The van der Waals surface area contributed by atoms with Gasteiger partial charge in [-0.05, 0) is 38.5 Å². The van der Waals surface area contributed by atoms with E-state index in [2.05, 4.69) is 37.7 Å². The predicted molar refractivity (Wildman–Crippen MR) is 84.5 cm³/mol. The molecule has 5 heteroatoms. The molecule has 4 nitrogen and oxygen atoms in total. The SMILES string of the molecule is C=C1c2c(cc(Cl)nc2NC(C)(C)C)C=CN1CCO. The molecule has 0 bridgehead atoms. The quantitative estimate of drug-likeness (QED) is 0.840. The molecule has 1 aliphatic rings. The number of hydrogen-bond acceptors (Lipinski definition) is 4. The summed E-state index contributed by atoms with van der Waals surface area (Å²) in [6.07, 6.45) is 3.86. The highest BCUT2D eigenvalue weighted by atomic mass is 35.5. The van der Waals surface area contributed by atoms with Crippen molar-refractivity contribution in [3.05, 3.63) is 35.1 Å². The first-order valence-electron chi connectivity index (χ1n) is 6.55. The van der Waals surface area contributed by atoms with E-state index < -0.39 is 0 Å². The normalized spacial score (nSPS) is 14.4. The second-order valence-electron chi connectivity index (χ2n) is 5.81. The van der Waals surface area contributed by atoms with Gasteiger partial charge in [0.1, 0.15) is 11.0 Å². The number of hydrogen-bond donors (Lipinski definition) is 2. The number of aliphatic hydroxyl groups excluding tert-OH is 1. The summed E-state index contributed by atoms with van der Waals surface area (Å²) < 4.78 is 0. The van der Waals surface area contributed by atoms with Crippen LogP contribution in [0.4, 0.5) is 5.82 Å². The maximum atomic E-state index is 9.12. The van der Waals surface area contributed by atoms with Gasteiger partial charge >= 0.3 is 0 Å². The van der Waals surface area contributed by atoms with Gasteiger partial charge in [0.05, 0.1) is 6.61 Å². The Morgan fingerprint density at radius 2 is 2.15 bits per heavy atom. The van der Waals surface area contributed by atoms with Gasteiger partial charge in [-0.25, -0.2) is 4.98 Å². The predicted octanol–water partition coefficient (Wildman–Crippen LogP) is 3.19. The van der Waals surface area contributed by atoms with Gasteiger partial charge in [-0.1, -0.05) is 18.2 Å². The van der Waals surface area contributed by atoms with E-state index in [-0.39, 0.29) is 12.1 Å². The zero-order chi connectivity index (χ0) is 14.9. The molecule has 0 saturated carbocycles. The Kier molecular flexibility index (Phi) is 4.06. The summed E-state index contributed by atoms with van der Waals surface area (Å²) >= 11 is 6.09. The first-order chi connectivity index (χ1) is 9.31. The number of β-amino-alcohol motifs (C(OH)–C–C–N with tert-alkyl or cyclic N) is 1. The molecule has 0 saturated heterocycles. The van der Waals surface area contributed by atoms with Crippen molar-refractivity contribution in [1.82, 2.24) is 9.88 Å². The molecule has 0 atom stereocenters. The third-order valence-corrected chi connectivity index (χ3v) is 3.12. The van der Waals surface area contributed by atoms with Crippen LogP contribution >= 0.6 is 11.6 Å². The first-order valence-corrected chi connectivity index (χ1v) is 6.93. The lowest BCUT2D eigenvalue weighted by atomic mass is 10.0. The van der Waals surface area contributed by atoms with Gasteiger partial charge in [0.15, 0.2) is 0 Å². The molecule has 0 fully saturated rings. The number of aromatic nitrogens is 1. The fourth-order valence-corrected chi connectivity index (χ4v) is 2.34. The molecule has 0 unspecified atom stereocenters. The number of anilines is 1. The van der Waals surface area contributed by atoms with E-state index in [0.29, 0.717) is 11.7 Å². The summed E-state index contributed by atoms with van der Waals surface area (Å²) in [5.41, 5.74) is 2.60. The Bertz CT molecular complexity index is 561. The number of halogens is 1. The van der Waals surface area contributed by atoms with Crippen molar-refractivity contribution in [2.75, 3.05) is 18.5 Å². The third kappa shape index (κ3) is 3.14. The minimum Gasteiger partial charge on any atom is -0.395 e. The molecule has 2 N–H and O–H groups in total.